The third-order valence-electron chi connectivity index (χ3n) is 16.6. The number of rotatable bonds is 17. The lowest BCUT2D eigenvalue weighted by Crippen LogP contribution is -2.54. The summed E-state index contributed by atoms with van der Waals surface area (Å²) in [5.41, 5.74) is 18.9. The second kappa shape index (κ2) is 29.8. The van der Waals surface area contributed by atoms with Gasteiger partial charge in [0.25, 0.3) is 0 Å². The largest absolute Gasteiger partial charge is 0.381 e. The first-order valence-corrected chi connectivity index (χ1v) is 30.3. The molecule has 6 aliphatic rings. The van der Waals surface area contributed by atoms with Crippen molar-refractivity contribution >= 4 is 91.8 Å². The maximum Gasteiger partial charge on any atom is 0.176 e. The number of pyridine rings is 2. The van der Waals surface area contributed by atoms with E-state index in [1.165, 1.54) is 29.9 Å². The molecule has 6 aliphatic heterocycles. The standard InChI is InChI=1S/C30H37ClN8O.C26H35N5O.C4H3BrClN3.ClH/c31-29-18-27(30(32)35-34-29)38-19-25-8-9-26(20-38)39(25)24-10-11-33-23(17-24)7-4-12-36-13-15-37(16-14-36)21-28(40)22-5-2-1-3-6-22;32-26(21-5-2-1-3-6-21)20-30-15-13-29(14-16-30)12-4-7-22-17-23(10-11-28-22)31-24-8-9-25(31)19-27-18-24;5-2-1-3(6)8-9-4(2)7;/h1-3,5-6,10-11,17-18,25-26H,4,7-9,12-16,19-21H2,(H2,32,35);1-3,5-6,10-11,17,24-25,27H,4,7-9,12-16,18-20H2;1H,(H2,7,9);1H. The van der Waals surface area contributed by atoms with Gasteiger partial charge in [-0.3, -0.25) is 29.4 Å². The van der Waals surface area contributed by atoms with Crippen LogP contribution in [0.15, 0.2) is 114 Å². The highest BCUT2D eigenvalue weighted by atomic mass is 79.9. The van der Waals surface area contributed by atoms with Crippen LogP contribution in [0.4, 0.5) is 28.7 Å². The Kier molecular flexibility index (Phi) is 22.1. The number of Topliss-reactive ketones (excluding diaryl/α,β-unsaturated/α-hetero) is 2. The van der Waals surface area contributed by atoms with E-state index in [0.29, 0.717) is 63.7 Å². The molecule has 5 N–H and O–H groups in total. The van der Waals surface area contributed by atoms with Crippen molar-refractivity contribution in [1.29, 1.82) is 0 Å². The van der Waals surface area contributed by atoms with Crippen molar-refractivity contribution in [2.75, 3.05) is 131 Å². The topological polar surface area (TPSA) is 198 Å². The number of fused-ring (bicyclic) bond motifs is 4. The zero-order valence-electron chi connectivity index (χ0n) is 46.5. The Labute approximate surface area is 506 Å². The van der Waals surface area contributed by atoms with E-state index in [1.54, 1.807) is 6.07 Å². The molecule has 10 heterocycles. The van der Waals surface area contributed by atoms with Gasteiger partial charge >= 0.3 is 0 Å². The maximum absolute atomic E-state index is 12.5. The quantitative estimate of drug-likeness (QED) is 0.0749. The van der Waals surface area contributed by atoms with Gasteiger partial charge in [0.1, 0.15) is 0 Å². The number of aromatic nitrogens is 6. The number of carbonyl (C=O) groups is 2. The van der Waals surface area contributed by atoms with E-state index in [-0.39, 0.29) is 24.0 Å². The van der Waals surface area contributed by atoms with Crippen LogP contribution < -0.4 is 31.5 Å². The second-order valence-electron chi connectivity index (χ2n) is 22.0. The lowest BCUT2D eigenvalue weighted by atomic mass is 10.1. The van der Waals surface area contributed by atoms with Crippen LogP contribution in [0.1, 0.15) is 70.6 Å². The second-order valence-corrected chi connectivity index (χ2v) is 23.6. The molecule has 436 valence electrons. The van der Waals surface area contributed by atoms with Crippen LogP contribution in [0.3, 0.4) is 0 Å². The Morgan fingerprint density at radius 2 is 0.976 bits per heavy atom. The molecule has 22 heteroatoms. The van der Waals surface area contributed by atoms with E-state index < -0.39 is 0 Å². The molecule has 0 aliphatic carbocycles. The average Bonchev–Trinajstić information content (AvgIpc) is 4.13. The van der Waals surface area contributed by atoms with Gasteiger partial charge in [0.2, 0.25) is 0 Å². The van der Waals surface area contributed by atoms with Crippen LogP contribution in [-0.4, -0.2) is 190 Å². The minimum Gasteiger partial charge on any atom is -0.381 e. The van der Waals surface area contributed by atoms with E-state index >= 15 is 0 Å². The summed E-state index contributed by atoms with van der Waals surface area (Å²) in [6, 6.07) is 33.8. The minimum absolute atomic E-state index is 0. The van der Waals surface area contributed by atoms with Crippen LogP contribution in [0.25, 0.3) is 0 Å². The summed E-state index contributed by atoms with van der Waals surface area (Å²) < 4.78 is 0.669. The minimum atomic E-state index is 0. The van der Waals surface area contributed by atoms with Crippen molar-refractivity contribution in [3.8, 4) is 0 Å². The lowest BCUT2D eigenvalue weighted by Gasteiger charge is -2.43. The fourth-order valence-corrected chi connectivity index (χ4v) is 13.1. The molecular formula is C60H76BrCl3N16O2. The van der Waals surface area contributed by atoms with Crippen LogP contribution in [-0.2, 0) is 12.8 Å². The number of piperazine rings is 4. The summed E-state index contributed by atoms with van der Waals surface area (Å²) in [6.07, 6.45) is 13.1. The summed E-state index contributed by atoms with van der Waals surface area (Å²) in [4.78, 5) is 51.5. The zero-order chi connectivity index (χ0) is 56.1. The number of benzene rings is 2. The van der Waals surface area contributed by atoms with E-state index in [0.717, 1.165) is 153 Å². The van der Waals surface area contributed by atoms with Gasteiger partial charge in [-0.1, -0.05) is 83.9 Å². The summed E-state index contributed by atoms with van der Waals surface area (Å²) in [6.45, 7) is 15.1. The molecule has 6 saturated heterocycles. The summed E-state index contributed by atoms with van der Waals surface area (Å²) in [5.74, 6) is 1.21. The number of hydrogen-bond donors (Lipinski definition) is 3. The van der Waals surface area contributed by atoms with Gasteiger partial charge in [-0.25, -0.2) is 0 Å². The molecule has 2 aromatic carbocycles. The number of carbonyl (C=O) groups excluding carboxylic acids is 2. The fraction of sp³-hybridized carbons (Fsp3) is 0.467. The van der Waals surface area contributed by atoms with E-state index in [1.807, 2.05) is 79.1 Å². The first-order chi connectivity index (χ1) is 39.5. The van der Waals surface area contributed by atoms with Gasteiger partial charge < -0.3 is 41.3 Å². The fourth-order valence-electron chi connectivity index (χ4n) is 12.4. The first-order valence-electron chi connectivity index (χ1n) is 28.7. The highest BCUT2D eigenvalue weighted by Crippen LogP contribution is 2.38. The average molecular weight is 1240 g/mol. The molecule has 6 fully saturated rings. The molecule has 4 atom stereocenters. The van der Waals surface area contributed by atoms with Crippen molar-refractivity contribution < 1.29 is 9.59 Å². The van der Waals surface area contributed by atoms with Crippen molar-refractivity contribution in [3.05, 3.63) is 147 Å². The molecule has 6 aromatic rings. The molecular weight excluding hydrogens is 1160 g/mol. The van der Waals surface area contributed by atoms with E-state index in [4.69, 9.17) is 39.7 Å². The van der Waals surface area contributed by atoms with Gasteiger partial charge in [-0.15, -0.1) is 32.8 Å². The number of aryl methyl sites for hydroxylation is 2. The molecule has 4 unspecified atom stereocenters. The molecule has 18 nitrogen and oxygen atoms in total. The molecule has 0 spiro atoms. The lowest BCUT2D eigenvalue weighted by molar-refractivity contribution is 0.0845. The smallest absolute Gasteiger partial charge is 0.176 e. The molecule has 0 saturated carbocycles. The molecule has 0 amide bonds. The predicted octanol–water partition coefficient (Wildman–Crippen LogP) is 7.75. The predicted molar refractivity (Wildman–Crippen MR) is 334 cm³/mol. The van der Waals surface area contributed by atoms with Crippen LogP contribution >= 0.6 is 51.5 Å². The van der Waals surface area contributed by atoms with Crippen molar-refractivity contribution in [2.24, 2.45) is 0 Å². The zero-order valence-corrected chi connectivity index (χ0v) is 50.4. The monoisotopic (exact) mass is 1240 g/mol. The summed E-state index contributed by atoms with van der Waals surface area (Å²) in [5, 5.41) is 19.2. The van der Waals surface area contributed by atoms with Gasteiger partial charge in [0.15, 0.2) is 33.5 Å². The summed E-state index contributed by atoms with van der Waals surface area (Å²) in [7, 11) is 0. The number of nitrogens with one attached hydrogen (secondary N) is 1. The number of hydrogen-bond acceptors (Lipinski definition) is 18. The Bertz CT molecular complexity index is 2980. The highest BCUT2D eigenvalue weighted by Gasteiger charge is 2.41. The van der Waals surface area contributed by atoms with Gasteiger partial charge in [0.05, 0.1) is 23.2 Å². The molecule has 0 radical (unpaired) electrons. The number of ketones is 2. The van der Waals surface area contributed by atoms with Crippen LogP contribution in [0.5, 0.6) is 0 Å². The van der Waals surface area contributed by atoms with Crippen molar-refractivity contribution in [1.82, 2.24) is 55.3 Å². The van der Waals surface area contributed by atoms with Crippen LogP contribution in [0, 0.1) is 0 Å². The summed E-state index contributed by atoms with van der Waals surface area (Å²) >= 11 is 14.7. The third-order valence-corrected chi connectivity index (χ3v) is 17.6. The van der Waals surface area contributed by atoms with Gasteiger partial charge in [-0.05, 0) is 111 Å². The molecule has 4 aromatic heterocycles. The third kappa shape index (κ3) is 16.4. The number of halogens is 4. The number of nitrogens with two attached hydrogens (primary N) is 2. The Hall–Kier alpha value is -5.61. The van der Waals surface area contributed by atoms with Crippen molar-refractivity contribution in [2.45, 2.75) is 75.5 Å². The normalized spacial score (nSPS) is 21.0. The number of nitrogens with zero attached hydrogens (tertiary/aromatic N) is 13. The van der Waals surface area contributed by atoms with Gasteiger partial charge in [0, 0.05) is 155 Å². The van der Waals surface area contributed by atoms with E-state index in [2.05, 4.69) is 105 Å². The molecule has 82 heavy (non-hydrogen) atoms. The molecule has 12 rings (SSSR count). The molecule has 4 bridgehead atoms. The van der Waals surface area contributed by atoms with Crippen molar-refractivity contribution in [3.63, 3.8) is 0 Å². The number of nitrogen functional groups attached to an aromatic ring is 2. The van der Waals surface area contributed by atoms with E-state index in [9.17, 15) is 9.59 Å². The maximum atomic E-state index is 12.5. The Morgan fingerprint density at radius 3 is 1.44 bits per heavy atom. The van der Waals surface area contributed by atoms with Gasteiger partial charge in [-0.2, -0.15) is 0 Å². The first kappa shape index (κ1) is 61.0. The SMILES string of the molecule is Cl.Nc1nnc(Cl)cc1Br.Nc1nnc(Cl)cc1N1CC2CCC(C1)N2c1ccnc(CCCN2CCN(CC(=O)c3ccccc3)CC2)c1.O=C(CN1CCN(CCCc2cc(N3C4CCC3CNC4)ccn2)CC1)c1ccccc1. The Morgan fingerprint density at radius 1 is 0.549 bits per heavy atom. The van der Waals surface area contributed by atoms with Crippen LogP contribution in [0.2, 0.25) is 10.3 Å². The Balaban J connectivity index is 0.000000172. The highest BCUT2D eigenvalue weighted by molar-refractivity contribution is 9.10. The number of anilines is 5.